The molecule has 114 valence electrons. The second-order valence-corrected chi connectivity index (χ2v) is 8.47. The monoisotopic (exact) mass is 295 g/mol. The van der Waals surface area contributed by atoms with E-state index in [9.17, 15) is 0 Å². The molecule has 22 heavy (non-hydrogen) atoms. The summed E-state index contributed by atoms with van der Waals surface area (Å²) in [6, 6.07) is 8.37. The van der Waals surface area contributed by atoms with Crippen molar-refractivity contribution in [3.8, 4) is 5.75 Å². The molecule has 8 rings (SSSR count). The molecule has 1 aromatic carbocycles. The quantitative estimate of drug-likeness (QED) is 0.924. The summed E-state index contributed by atoms with van der Waals surface area (Å²) < 4.78 is 12.2. The number of para-hydroxylation sites is 1. The smallest absolute Gasteiger partial charge is 0.126 e. The molecule has 3 heteroatoms. The number of nitrogens with one attached hydrogen (secondary N) is 1. The highest BCUT2D eigenvalue weighted by molar-refractivity contribution is 5.39. The summed E-state index contributed by atoms with van der Waals surface area (Å²) in [5.41, 5.74) is 1.28. The van der Waals surface area contributed by atoms with E-state index < -0.39 is 0 Å². The van der Waals surface area contributed by atoms with E-state index in [2.05, 4.69) is 23.5 Å². The molecular weight excluding hydrogens is 274 g/mol. The van der Waals surface area contributed by atoms with E-state index in [4.69, 9.17) is 9.47 Å². The minimum atomic E-state index is 0.0257. The zero-order valence-electron chi connectivity index (χ0n) is 12.7. The first-order valence-electron chi connectivity index (χ1n) is 8.90. The maximum atomic E-state index is 6.70. The summed E-state index contributed by atoms with van der Waals surface area (Å²) >= 11 is 0. The second kappa shape index (κ2) is 3.25. The van der Waals surface area contributed by atoms with E-state index in [1.807, 2.05) is 6.07 Å². The third-order valence-corrected chi connectivity index (χ3v) is 8.45. The van der Waals surface area contributed by atoms with Crippen LogP contribution in [0, 0.1) is 47.3 Å². The molecule has 2 saturated heterocycles. The van der Waals surface area contributed by atoms with Gasteiger partial charge in [0.25, 0.3) is 0 Å². The molecule has 10 atom stereocenters. The maximum absolute atomic E-state index is 6.70. The fourth-order valence-electron chi connectivity index (χ4n) is 8.37. The molecule has 3 nitrogen and oxygen atoms in total. The first-order chi connectivity index (χ1) is 10.8. The third kappa shape index (κ3) is 0.886. The zero-order chi connectivity index (χ0) is 14.2. The minimum absolute atomic E-state index is 0.0257. The number of rotatable bonds is 4. The number of benzene rings is 1. The molecule has 1 aromatic rings. The highest BCUT2D eigenvalue weighted by Crippen LogP contribution is 2.89. The molecule has 7 aliphatic rings. The van der Waals surface area contributed by atoms with Crippen LogP contribution in [0.5, 0.6) is 5.75 Å². The van der Waals surface area contributed by atoms with Crippen molar-refractivity contribution in [2.24, 2.45) is 47.3 Å². The van der Waals surface area contributed by atoms with Crippen LogP contribution in [0.4, 0.5) is 0 Å². The van der Waals surface area contributed by atoms with Gasteiger partial charge in [-0.2, -0.15) is 0 Å². The van der Waals surface area contributed by atoms with Crippen molar-refractivity contribution in [2.45, 2.75) is 24.8 Å². The molecule has 0 radical (unpaired) electrons. The Morgan fingerprint density at radius 2 is 2.05 bits per heavy atom. The van der Waals surface area contributed by atoms with Crippen molar-refractivity contribution in [1.29, 1.82) is 0 Å². The Kier molecular flexibility index (Phi) is 1.69. The van der Waals surface area contributed by atoms with Gasteiger partial charge in [-0.25, -0.2) is 0 Å². The Morgan fingerprint density at radius 3 is 2.95 bits per heavy atom. The Hall–Kier alpha value is -1.06. The fourth-order valence-corrected chi connectivity index (χ4v) is 8.37. The van der Waals surface area contributed by atoms with Crippen LogP contribution in [0.1, 0.15) is 12.0 Å². The highest BCUT2D eigenvalue weighted by atomic mass is 16.5. The molecule has 0 amide bonds. The first-order valence-corrected chi connectivity index (χ1v) is 8.90. The number of ether oxygens (including phenoxy) is 2. The van der Waals surface area contributed by atoms with Crippen LogP contribution in [0.2, 0.25) is 0 Å². The molecule has 5 aliphatic carbocycles. The molecular formula is C19H21NO2. The standard InChI is InChI=1S/C19H21NO2/c1-21-11-5-3-2-4-8(11)7-20-19-16-10-6-9-12-13(10)17(19)15(12)18(22-19)14(9)16/h2-5,9-10,12-18,20H,6-7H2,1H3/t9-,10+,12-,13+,14+,15+,16-,17+,18-,19+/m0/s1. The van der Waals surface area contributed by atoms with Gasteiger partial charge < -0.3 is 9.47 Å². The van der Waals surface area contributed by atoms with Crippen LogP contribution in [-0.4, -0.2) is 18.9 Å². The predicted molar refractivity (Wildman–Crippen MR) is 80.0 cm³/mol. The van der Waals surface area contributed by atoms with Crippen LogP contribution < -0.4 is 10.1 Å². The summed E-state index contributed by atoms with van der Waals surface area (Å²) in [5, 5.41) is 3.91. The predicted octanol–water partition coefficient (Wildman–Crippen LogP) is 2.27. The van der Waals surface area contributed by atoms with Gasteiger partial charge in [0.05, 0.1) is 13.2 Å². The molecule has 7 fully saturated rings. The molecule has 0 spiro atoms. The minimum Gasteiger partial charge on any atom is -0.496 e. The molecule has 0 unspecified atom stereocenters. The lowest BCUT2D eigenvalue weighted by Crippen LogP contribution is -2.56. The van der Waals surface area contributed by atoms with Gasteiger partial charge in [-0.3, -0.25) is 5.32 Å². The lowest BCUT2D eigenvalue weighted by molar-refractivity contribution is -0.0591. The molecule has 1 N–H and O–H groups in total. The number of methoxy groups -OCH3 is 1. The van der Waals surface area contributed by atoms with Crippen LogP contribution in [-0.2, 0) is 11.3 Å². The van der Waals surface area contributed by atoms with Gasteiger partial charge in [-0.15, -0.1) is 0 Å². The first kappa shape index (κ1) is 11.5. The van der Waals surface area contributed by atoms with Gasteiger partial charge in [0.2, 0.25) is 0 Å². The van der Waals surface area contributed by atoms with E-state index in [1.165, 1.54) is 12.0 Å². The van der Waals surface area contributed by atoms with Crippen molar-refractivity contribution < 1.29 is 9.47 Å². The van der Waals surface area contributed by atoms with Crippen LogP contribution in [0.15, 0.2) is 24.3 Å². The fraction of sp³-hybridized carbons (Fsp3) is 0.684. The average Bonchev–Trinajstić information content (AvgIpc) is 3.18. The van der Waals surface area contributed by atoms with Crippen LogP contribution >= 0.6 is 0 Å². The molecule has 5 saturated carbocycles. The van der Waals surface area contributed by atoms with Crippen molar-refractivity contribution in [2.75, 3.05) is 7.11 Å². The molecule has 2 heterocycles. The maximum Gasteiger partial charge on any atom is 0.126 e. The van der Waals surface area contributed by atoms with Crippen molar-refractivity contribution in [3.63, 3.8) is 0 Å². The summed E-state index contributed by atoms with van der Waals surface area (Å²) in [7, 11) is 1.76. The van der Waals surface area contributed by atoms with Crippen LogP contribution in [0.25, 0.3) is 0 Å². The summed E-state index contributed by atoms with van der Waals surface area (Å²) in [6.45, 7) is 0.873. The Labute approximate surface area is 130 Å². The zero-order valence-corrected chi connectivity index (χ0v) is 12.7. The van der Waals surface area contributed by atoms with Gasteiger partial charge in [-0.1, -0.05) is 18.2 Å². The lowest BCUT2D eigenvalue weighted by atomic mass is 9.59. The van der Waals surface area contributed by atoms with E-state index in [1.54, 1.807) is 7.11 Å². The lowest BCUT2D eigenvalue weighted by Gasteiger charge is -2.46. The average molecular weight is 295 g/mol. The number of hydrogen-bond acceptors (Lipinski definition) is 3. The van der Waals surface area contributed by atoms with E-state index in [0.29, 0.717) is 6.10 Å². The van der Waals surface area contributed by atoms with Gasteiger partial charge in [0, 0.05) is 23.9 Å². The summed E-state index contributed by atoms with van der Waals surface area (Å²) in [4.78, 5) is 0. The van der Waals surface area contributed by atoms with Gasteiger partial charge in [0.1, 0.15) is 11.5 Å². The van der Waals surface area contributed by atoms with Crippen molar-refractivity contribution in [3.05, 3.63) is 29.8 Å². The largest absolute Gasteiger partial charge is 0.496 e. The van der Waals surface area contributed by atoms with Gasteiger partial charge in [-0.05, 0) is 48.0 Å². The van der Waals surface area contributed by atoms with E-state index in [0.717, 1.165) is 59.6 Å². The molecule has 4 bridgehead atoms. The number of hydrogen-bond donors (Lipinski definition) is 1. The second-order valence-electron chi connectivity index (χ2n) is 8.47. The van der Waals surface area contributed by atoms with Crippen molar-refractivity contribution >= 4 is 0 Å². The van der Waals surface area contributed by atoms with Gasteiger partial charge in [0.15, 0.2) is 0 Å². The van der Waals surface area contributed by atoms with E-state index in [-0.39, 0.29) is 5.72 Å². The Morgan fingerprint density at radius 1 is 1.14 bits per heavy atom. The normalized spacial score (nSPS) is 59.8. The Balaban J connectivity index is 1.26. The highest BCUT2D eigenvalue weighted by Gasteiger charge is 2.92. The molecule has 2 aliphatic heterocycles. The third-order valence-electron chi connectivity index (χ3n) is 8.45. The van der Waals surface area contributed by atoms with Crippen LogP contribution in [0.3, 0.4) is 0 Å². The topological polar surface area (TPSA) is 30.5 Å². The van der Waals surface area contributed by atoms with Gasteiger partial charge >= 0.3 is 0 Å². The van der Waals surface area contributed by atoms with Crippen molar-refractivity contribution in [1.82, 2.24) is 5.32 Å². The SMILES string of the molecule is COc1ccccc1CN[C@]12O[C@@H]3[C@@H]4[C@H]5[C@@H]6C[C@H]([C@H]5[C@H]41)[C@H]2[C@@H]63. The van der Waals surface area contributed by atoms with E-state index >= 15 is 0 Å². The summed E-state index contributed by atoms with van der Waals surface area (Å²) in [5.74, 6) is 8.53. The Bertz CT molecular complexity index is 694. The summed E-state index contributed by atoms with van der Waals surface area (Å²) in [6.07, 6.45) is 2.13. The molecule has 0 aromatic heterocycles.